The Hall–Kier alpha value is -1.63. The summed E-state index contributed by atoms with van der Waals surface area (Å²) in [5, 5.41) is 19.0. The number of hydrogen-bond acceptors (Lipinski definition) is 4. The minimum absolute atomic E-state index is 0.260. The number of hydrogen-bond donors (Lipinski definition) is 3. The smallest absolute Gasteiger partial charge is 0.326 e. The Morgan fingerprint density at radius 3 is 2.22 bits per heavy atom. The zero-order valence-corrected chi connectivity index (χ0v) is 10.3. The van der Waals surface area contributed by atoms with E-state index in [1.54, 1.807) is 0 Å². The molecule has 1 saturated heterocycles. The molecular formula is C11H18N2O5. The predicted octanol–water partition coefficient (Wildman–Crippen LogP) is 0.282. The first-order valence-electron chi connectivity index (χ1n) is 5.87. The van der Waals surface area contributed by atoms with Crippen LogP contribution in [0.3, 0.4) is 0 Å². The molecule has 2 fully saturated rings. The molecule has 3 amide bonds. The summed E-state index contributed by atoms with van der Waals surface area (Å²) in [5.41, 5.74) is -0.696. The molecule has 1 heterocycles. The highest BCUT2D eigenvalue weighted by Crippen LogP contribution is 2.33. The van der Waals surface area contributed by atoms with Gasteiger partial charge in [0.1, 0.15) is 12.3 Å². The topological polar surface area (TPSA) is 107 Å². The minimum atomic E-state index is -0.833. The standard InChI is InChI=1S/C9H14N2O3.C2H4O2/c12-6-11-7(13)9(10-8(11)14)4-2-1-3-5-9;1-2(3)4/h12H,1-6H2,(H,10,14);1H3,(H,3,4). The first-order valence-corrected chi connectivity index (χ1v) is 5.87. The fourth-order valence-electron chi connectivity index (χ4n) is 2.30. The third kappa shape index (κ3) is 2.98. The van der Waals surface area contributed by atoms with Crippen molar-refractivity contribution in [3.8, 4) is 0 Å². The predicted molar refractivity (Wildman–Crippen MR) is 61.6 cm³/mol. The monoisotopic (exact) mass is 258 g/mol. The molecule has 1 aliphatic carbocycles. The Morgan fingerprint density at radius 1 is 1.33 bits per heavy atom. The van der Waals surface area contributed by atoms with Gasteiger partial charge in [0.25, 0.3) is 11.9 Å². The summed E-state index contributed by atoms with van der Waals surface area (Å²) >= 11 is 0. The third-order valence-corrected chi connectivity index (χ3v) is 3.09. The molecule has 0 radical (unpaired) electrons. The average Bonchev–Trinajstić information content (AvgIpc) is 2.51. The summed E-state index contributed by atoms with van der Waals surface area (Å²) in [4.78, 5) is 33.0. The number of amides is 3. The number of carbonyl (C=O) groups is 3. The molecule has 1 saturated carbocycles. The quantitative estimate of drug-likeness (QED) is 0.586. The van der Waals surface area contributed by atoms with Crippen molar-refractivity contribution >= 4 is 17.9 Å². The van der Waals surface area contributed by atoms with Gasteiger partial charge in [-0.2, -0.15) is 0 Å². The average molecular weight is 258 g/mol. The summed E-state index contributed by atoms with van der Waals surface area (Å²) in [6.07, 6.45) is 4.45. The van der Waals surface area contributed by atoms with Gasteiger partial charge in [0.2, 0.25) is 0 Å². The van der Waals surface area contributed by atoms with Gasteiger partial charge in [0, 0.05) is 6.92 Å². The number of nitrogens with zero attached hydrogens (tertiary/aromatic N) is 1. The number of rotatable bonds is 1. The summed E-state index contributed by atoms with van der Waals surface area (Å²) < 4.78 is 0. The number of aliphatic carboxylic acids is 1. The van der Waals surface area contributed by atoms with Crippen molar-refractivity contribution in [2.45, 2.75) is 44.6 Å². The SMILES string of the molecule is CC(=O)O.O=C1NC2(CCCCC2)C(=O)N1CO. The minimum Gasteiger partial charge on any atom is -0.481 e. The largest absolute Gasteiger partial charge is 0.481 e. The van der Waals surface area contributed by atoms with Crippen LogP contribution in [0.1, 0.15) is 39.0 Å². The van der Waals surface area contributed by atoms with Crippen LogP contribution in [0.25, 0.3) is 0 Å². The highest BCUT2D eigenvalue weighted by Gasteiger charge is 2.50. The molecule has 102 valence electrons. The molecule has 0 aromatic heterocycles. The molecule has 0 bridgehead atoms. The number of carboxylic acid groups (broad SMARTS) is 1. The summed E-state index contributed by atoms with van der Waals surface area (Å²) in [7, 11) is 0. The highest BCUT2D eigenvalue weighted by atomic mass is 16.4. The van der Waals surface area contributed by atoms with E-state index in [4.69, 9.17) is 15.0 Å². The highest BCUT2D eigenvalue weighted by molar-refractivity contribution is 6.06. The molecule has 3 N–H and O–H groups in total. The van der Waals surface area contributed by atoms with Crippen LogP contribution in [0.5, 0.6) is 0 Å². The van der Waals surface area contributed by atoms with Gasteiger partial charge in [-0.1, -0.05) is 19.3 Å². The zero-order chi connectivity index (χ0) is 13.8. The van der Waals surface area contributed by atoms with Crippen molar-refractivity contribution in [3.63, 3.8) is 0 Å². The van der Waals surface area contributed by atoms with Crippen LogP contribution in [0.15, 0.2) is 0 Å². The van der Waals surface area contributed by atoms with Crippen LogP contribution in [-0.4, -0.2) is 45.3 Å². The van der Waals surface area contributed by atoms with E-state index in [-0.39, 0.29) is 5.91 Å². The Kier molecular flexibility index (Phi) is 4.66. The molecule has 2 aliphatic rings. The number of aliphatic hydroxyl groups excluding tert-OH is 1. The van der Waals surface area contributed by atoms with Crippen molar-refractivity contribution in [1.29, 1.82) is 0 Å². The molecule has 1 spiro atoms. The fourth-order valence-corrected chi connectivity index (χ4v) is 2.30. The Balaban J connectivity index is 0.000000357. The lowest BCUT2D eigenvalue weighted by molar-refractivity contribution is -0.135. The number of aliphatic hydroxyl groups is 1. The number of carboxylic acids is 1. The molecule has 0 aromatic rings. The molecule has 2 rings (SSSR count). The van der Waals surface area contributed by atoms with Crippen molar-refractivity contribution in [2.75, 3.05) is 6.73 Å². The van der Waals surface area contributed by atoms with Gasteiger partial charge in [-0.15, -0.1) is 0 Å². The van der Waals surface area contributed by atoms with Crippen molar-refractivity contribution < 1.29 is 24.6 Å². The zero-order valence-electron chi connectivity index (χ0n) is 10.3. The van der Waals surface area contributed by atoms with Crippen LogP contribution in [0.2, 0.25) is 0 Å². The lowest BCUT2D eigenvalue weighted by atomic mass is 9.82. The van der Waals surface area contributed by atoms with Gasteiger partial charge in [-0.25, -0.2) is 9.69 Å². The maximum absolute atomic E-state index is 11.8. The van der Waals surface area contributed by atoms with Crippen molar-refractivity contribution in [3.05, 3.63) is 0 Å². The van der Waals surface area contributed by atoms with Crippen LogP contribution in [0.4, 0.5) is 4.79 Å². The molecule has 0 aromatic carbocycles. The number of nitrogens with one attached hydrogen (secondary N) is 1. The van der Waals surface area contributed by atoms with E-state index in [1.165, 1.54) is 0 Å². The molecule has 7 nitrogen and oxygen atoms in total. The van der Waals surface area contributed by atoms with Crippen LogP contribution < -0.4 is 5.32 Å². The second-order valence-electron chi connectivity index (χ2n) is 4.47. The molecule has 1 aliphatic heterocycles. The molecule has 18 heavy (non-hydrogen) atoms. The van der Waals surface area contributed by atoms with Crippen molar-refractivity contribution in [2.24, 2.45) is 0 Å². The van der Waals surface area contributed by atoms with Crippen LogP contribution >= 0.6 is 0 Å². The first-order chi connectivity index (χ1) is 8.43. The summed E-state index contributed by atoms with van der Waals surface area (Å²) in [6, 6.07) is -0.459. The number of imide groups is 1. The van der Waals surface area contributed by atoms with E-state index in [9.17, 15) is 9.59 Å². The molecular weight excluding hydrogens is 240 g/mol. The molecule has 7 heteroatoms. The van der Waals surface area contributed by atoms with Crippen LogP contribution in [-0.2, 0) is 9.59 Å². The lowest BCUT2D eigenvalue weighted by Gasteiger charge is -2.30. The third-order valence-electron chi connectivity index (χ3n) is 3.09. The van der Waals surface area contributed by atoms with Gasteiger partial charge >= 0.3 is 6.03 Å². The van der Waals surface area contributed by atoms with E-state index >= 15 is 0 Å². The summed E-state index contributed by atoms with van der Waals surface area (Å²) in [6.45, 7) is 0.562. The van der Waals surface area contributed by atoms with Gasteiger partial charge in [0.15, 0.2) is 0 Å². The first kappa shape index (κ1) is 14.4. The van der Waals surface area contributed by atoms with Crippen molar-refractivity contribution in [1.82, 2.24) is 10.2 Å². The van der Waals surface area contributed by atoms with Crippen LogP contribution in [0, 0.1) is 0 Å². The Morgan fingerprint density at radius 2 is 1.83 bits per heavy atom. The lowest BCUT2D eigenvalue weighted by Crippen LogP contribution is -2.48. The van der Waals surface area contributed by atoms with E-state index in [0.717, 1.165) is 31.1 Å². The van der Waals surface area contributed by atoms with E-state index in [2.05, 4.69) is 5.32 Å². The van der Waals surface area contributed by atoms with Gasteiger partial charge in [0.05, 0.1) is 0 Å². The second-order valence-corrected chi connectivity index (χ2v) is 4.47. The van der Waals surface area contributed by atoms with Gasteiger partial charge in [-0.3, -0.25) is 9.59 Å². The van der Waals surface area contributed by atoms with E-state index in [1.807, 2.05) is 0 Å². The van der Waals surface area contributed by atoms with Gasteiger partial charge in [-0.05, 0) is 12.8 Å². The fraction of sp³-hybridized carbons (Fsp3) is 0.727. The van der Waals surface area contributed by atoms with E-state index in [0.29, 0.717) is 12.8 Å². The number of carbonyl (C=O) groups excluding carboxylic acids is 2. The molecule has 0 atom stereocenters. The second kappa shape index (κ2) is 5.81. The Labute approximate surface area is 105 Å². The summed E-state index contributed by atoms with van der Waals surface area (Å²) in [5.74, 6) is -1.09. The maximum Gasteiger partial charge on any atom is 0.326 e. The molecule has 0 unspecified atom stereocenters. The maximum atomic E-state index is 11.8. The van der Waals surface area contributed by atoms with Gasteiger partial charge < -0.3 is 15.5 Å². The van der Waals surface area contributed by atoms with E-state index < -0.39 is 24.3 Å². The normalized spacial score (nSPS) is 21.3. The number of urea groups is 1. The Bertz CT molecular complexity index is 345.